The Kier molecular flexibility index (Phi) is 6.70. The first-order valence-corrected chi connectivity index (χ1v) is 7.92. The number of carboxylic acid groups (broad SMARTS) is 1. The van der Waals surface area contributed by atoms with Gasteiger partial charge < -0.3 is 15.2 Å². The molecule has 0 aliphatic heterocycles. The summed E-state index contributed by atoms with van der Waals surface area (Å²) in [6, 6.07) is 7.56. The molecular formula is C14H18BrNO4S. The van der Waals surface area contributed by atoms with Crippen molar-refractivity contribution in [3.05, 3.63) is 28.7 Å². The first kappa shape index (κ1) is 18.0. The number of ether oxygens (including phenoxy) is 1. The van der Waals surface area contributed by atoms with Crippen molar-refractivity contribution in [1.82, 2.24) is 5.32 Å². The maximum absolute atomic E-state index is 12.1. The summed E-state index contributed by atoms with van der Waals surface area (Å²) >= 11 is 4.71. The number of halogens is 1. The first-order valence-electron chi connectivity index (χ1n) is 6.25. The molecule has 0 saturated heterocycles. The van der Waals surface area contributed by atoms with E-state index in [4.69, 9.17) is 4.74 Å². The molecule has 2 N–H and O–H groups in total. The van der Waals surface area contributed by atoms with Gasteiger partial charge in [0.15, 0.2) is 5.54 Å². The highest BCUT2D eigenvalue weighted by molar-refractivity contribution is 9.10. The van der Waals surface area contributed by atoms with E-state index in [0.717, 1.165) is 9.37 Å². The molecular weight excluding hydrogens is 358 g/mol. The smallest absolute Gasteiger partial charge is 0.331 e. The third-order valence-corrected chi connectivity index (χ3v) is 4.44. The molecule has 0 fully saturated rings. The summed E-state index contributed by atoms with van der Waals surface area (Å²) in [4.78, 5) is 24.3. The van der Waals surface area contributed by atoms with Crippen LogP contribution in [0.4, 0.5) is 0 Å². The first-order chi connectivity index (χ1) is 9.78. The molecule has 5 nitrogen and oxygen atoms in total. The molecule has 0 heterocycles. The second-order valence-electron chi connectivity index (χ2n) is 4.77. The van der Waals surface area contributed by atoms with E-state index in [1.54, 1.807) is 6.92 Å². The number of amides is 1. The van der Waals surface area contributed by atoms with Crippen molar-refractivity contribution in [2.45, 2.75) is 29.5 Å². The van der Waals surface area contributed by atoms with E-state index >= 15 is 0 Å². The second-order valence-corrected chi connectivity index (χ2v) is 7.10. The van der Waals surface area contributed by atoms with Crippen molar-refractivity contribution in [2.75, 3.05) is 13.7 Å². The highest BCUT2D eigenvalue weighted by atomic mass is 79.9. The van der Waals surface area contributed by atoms with Crippen molar-refractivity contribution in [3.63, 3.8) is 0 Å². The third kappa shape index (κ3) is 5.33. The van der Waals surface area contributed by atoms with Gasteiger partial charge in [-0.1, -0.05) is 15.9 Å². The topological polar surface area (TPSA) is 75.6 Å². The number of benzene rings is 1. The largest absolute Gasteiger partial charge is 0.479 e. The standard InChI is InChI=1S/C14H18BrNO4S/c1-9(21-11-6-4-10(15)5-7-11)12(17)16-14(2,8-20-3)13(18)19/h4-7,9H,8H2,1-3H3,(H,16,17)(H,18,19). The summed E-state index contributed by atoms with van der Waals surface area (Å²) in [5.74, 6) is -1.47. The van der Waals surface area contributed by atoms with Crippen molar-refractivity contribution >= 4 is 39.6 Å². The summed E-state index contributed by atoms with van der Waals surface area (Å²) < 4.78 is 5.83. The Bertz CT molecular complexity index is 508. The van der Waals surface area contributed by atoms with Crippen LogP contribution in [0.1, 0.15) is 13.8 Å². The molecule has 0 radical (unpaired) electrons. The zero-order valence-corrected chi connectivity index (χ0v) is 14.5. The van der Waals surface area contributed by atoms with Crippen LogP contribution in [-0.2, 0) is 14.3 Å². The third-order valence-electron chi connectivity index (χ3n) is 2.80. The summed E-state index contributed by atoms with van der Waals surface area (Å²) in [5.41, 5.74) is -1.43. The zero-order valence-electron chi connectivity index (χ0n) is 12.1. The number of carboxylic acids is 1. The van der Waals surface area contributed by atoms with E-state index in [1.807, 2.05) is 24.3 Å². The fraction of sp³-hybridized carbons (Fsp3) is 0.429. The number of nitrogens with one attached hydrogen (secondary N) is 1. The van der Waals surface area contributed by atoms with Gasteiger partial charge in [0.25, 0.3) is 0 Å². The van der Waals surface area contributed by atoms with Gasteiger partial charge in [0.05, 0.1) is 11.9 Å². The Balaban J connectivity index is 2.69. The molecule has 1 aromatic rings. The van der Waals surface area contributed by atoms with E-state index in [1.165, 1.54) is 25.8 Å². The van der Waals surface area contributed by atoms with Crippen LogP contribution in [0.25, 0.3) is 0 Å². The highest BCUT2D eigenvalue weighted by Crippen LogP contribution is 2.25. The van der Waals surface area contributed by atoms with E-state index < -0.39 is 16.8 Å². The number of carbonyl (C=O) groups excluding carboxylic acids is 1. The molecule has 1 rings (SSSR count). The predicted molar refractivity (Wildman–Crippen MR) is 85.5 cm³/mol. The average Bonchev–Trinajstić information content (AvgIpc) is 2.41. The van der Waals surface area contributed by atoms with Gasteiger partial charge in [0.1, 0.15) is 0 Å². The average molecular weight is 376 g/mol. The van der Waals surface area contributed by atoms with Crippen molar-refractivity contribution in [2.24, 2.45) is 0 Å². The lowest BCUT2D eigenvalue weighted by Crippen LogP contribution is -2.56. The van der Waals surface area contributed by atoms with Gasteiger partial charge in [-0.15, -0.1) is 11.8 Å². The molecule has 2 unspecified atom stereocenters. The molecule has 0 bridgehead atoms. The molecule has 0 saturated carbocycles. The maximum Gasteiger partial charge on any atom is 0.331 e. The minimum Gasteiger partial charge on any atom is -0.479 e. The van der Waals surface area contributed by atoms with Gasteiger partial charge in [-0.25, -0.2) is 4.79 Å². The van der Waals surface area contributed by atoms with Crippen LogP contribution in [-0.4, -0.2) is 41.5 Å². The highest BCUT2D eigenvalue weighted by Gasteiger charge is 2.36. The zero-order chi connectivity index (χ0) is 16.0. The fourth-order valence-electron chi connectivity index (χ4n) is 1.58. The van der Waals surface area contributed by atoms with Crippen molar-refractivity contribution in [3.8, 4) is 0 Å². The molecule has 0 aromatic heterocycles. The number of hydrogen-bond donors (Lipinski definition) is 2. The Hall–Kier alpha value is -1.05. The van der Waals surface area contributed by atoms with Crippen molar-refractivity contribution in [1.29, 1.82) is 0 Å². The molecule has 2 atom stereocenters. The minimum atomic E-state index is -1.43. The second kappa shape index (κ2) is 7.82. The number of hydrogen-bond acceptors (Lipinski definition) is 4. The van der Waals surface area contributed by atoms with E-state index in [2.05, 4.69) is 21.2 Å². The Morgan fingerprint density at radius 3 is 2.48 bits per heavy atom. The molecule has 1 amide bonds. The SMILES string of the molecule is COCC(C)(NC(=O)C(C)Sc1ccc(Br)cc1)C(=O)O. The number of rotatable bonds is 7. The molecule has 1 aromatic carbocycles. The summed E-state index contributed by atoms with van der Waals surface area (Å²) in [6.45, 7) is 3.06. The Labute approximate surface area is 136 Å². The van der Waals surface area contributed by atoms with E-state index in [0.29, 0.717) is 0 Å². The maximum atomic E-state index is 12.1. The van der Waals surface area contributed by atoms with Crippen LogP contribution in [0.5, 0.6) is 0 Å². The Morgan fingerprint density at radius 2 is 2.00 bits per heavy atom. The van der Waals surface area contributed by atoms with Gasteiger partial charge in [0, 0.05) is 16.5 Å². The number of aliphatic carboxylic acids is 1. The van der Waals surface area contributed by atoms with Crippen LogP contribution in [0.2, 0.25) is 0 Å². The summed E-state index contributed by atoms with van der Waals surface area (Å²) in [6.07, 6.45) is 0. The number of carbonyl (C=O) groups is 2. The lowest BCUT2D eigenvalue weighted by Gasteiger charge is -2.26. The van der Waals surface area contributed by atoms with Gasteiger partial charge in [0.2, 0.25) is 5.91 Å². The van der Waals surface area contributed by atoms with Crippen LogP contribution in [0.3, 0.4) is 0 Å². The quantitative estimate of drug-likeness (QED) is 0.716. The molecule has 0 aliphatic carbocycles. The number of thioether (sulfide) groups is 1. The van der Waals surface area contributed by atoms with Crippen molar-refractivity contribution < 1.29 is 19.4 Å². The van der Waals surface area contributed by atoms with Gasteiger partial charge >= 0.3 is 5.97 Å². The van der Waals surface area contributed by atoms with Crippen LogP contribution >= 0.6 is 27.7 Å². The lowest BCUT2D eigenvalue weighted by atomic mass is 10.0. The summed E-state index contributed by atoms with van der Waals surface area (Å²) in [5, 5.41) is 11.3. The van der Waals surface area contributed by atoms with E-state index in [-0.39, 0.29) is 12.5 Å². The molecule has 0 spiro atoms. The van der Waals surface area contributed by atoms with Gasteiger partial charge in [-0.3, -0.25) is 4.79 Å². The lowest BCUT2D eigenvalue weighted by molar-refractivity contribution is -0.149. The molecule has 21 heavy (non-hydrogen) atoms. The molecule has 116 valence electrons. The normalized spacial score (nSPS) is 15.0. The monoisotopic (exact) mass is 375 g/mol. The van der Waals surface area contributed by atoms with Gasteiger partial charge in [-0.05, 0) is 38.1 Å². The number of methoxy groups -OCH3 is 1. The summed E-state index contributed by atoms with van der Waals surface area (Å²) in [7, 11) is 1.40. The minimum absolute atomic E-state index is 0.0935. The molecule has 7 heteroatoms. The van der Waals surface area contributed by atoms with Crippen LogP contribution < -0.4 is 5.32 Å². The van der Waals surface area contributed by atoms with Gasteiger partial charge in [-0.2, -0.15) is 0 Å². The van der Waals surface area contributed by atoms with Crippen LogP contribution in [0.15, 0.2) is 33.6 Å². The molecule has 0 aliphatic rings. The predicted octanol–water partition coefficient (Wildman–Crippen LogP) is 2.54. The fourth-order valence-corrected chi connectivity index (χ4v) is 2.72. The van der Waals surface area contributed by atoms with E-state index in [9.17, 15) is 14.7 Å². The van der Waals surface area contributed by atoms with Crippen LogP contribution in [0, 0.1) is 0 Å². The Morgan fingerprint density at radius 1 is 1.43 bits per heavy atom.